The van der Waals surface area contributed by atoms with E-state index in [4.69, 9.17) is 0 Å². The van der Waals surface area contributed by atoms with Crippen LogP contribution in [0.25, 0.3) is 0 Å². The molecule has 3 nitrogen and oxygen atoms in total. The van der Waals surface area contributed by atoms with Crippen molar-refractivity contribution in [3.05, 3.63) is 55.0 Å². The van der Waals surface area contributed by atoms with Crippen LogP contribution in [0.4, 0.5) is 17.1 Å². The van der Waals surface area contributed by atoms with Gasteiger partial charge >= 0.3 is 0 Å². The number of rotatable bonds is 4. The molecule has 0 saturated carbocycles. The van der Waals surface area contributed by atoms with Gasteiger partial charge in [-0.2, -0.15) is 0 Å². The van der Waals surface area contributed by atoms with Crippen molar-refractivity contribution in [2.24, 2.45) is 0 Å². The third-order valence-corrected chi connectivity index (χ3v) is 2.43. The molecule has 3 N–H and O–H groups in total. The average molecular weight is 227 g/mol. The van der Waals surface area contributed by atoms with E-state index in [0.717, 1.165) is 40.6 Å². The van der Waals surface area contributed by atoms with Crippen molar-refractivity contribution in [2.45, 2.75) is 13.3 Å². The van der Waals surface area contributed by atoms with Gasteiger partial charge in [-0.1, -0.05) is 25.3 Å². The van der Waals surface area contributed by atoms with Gasteiger partial charge in [0, 0.05) is 17.8 Å². The Bertz CT molecular complexity index is 500. The van der Waals surface area contributed by atoms with Crippen molar-refractivity contribution in [3.63, 3.8) is 0 Å². The Balaban J connectivity index is 2.09. The highest BCUT2D eigenvalue weighted by Gasteiger charge is 2.12. The van der Waals surface area contributed by atoms with Crippen LogP contribution in [0.15, 0.2) is 55.0 Å². The Morgan fingerprint density at radius 1 is 1.24 bits per heavy atom. The first kappa shape index (κ1) is 11.3. The monoisotopic (exact) mass is 227 g/mol. The molecule has 1 aliphatic heterocycles. The van der Waals surface area contributed by atoms with E-state index in [1.54, 1.807) is 0 Å². The first-order valence-corrected chi connectivity index (χ1v) is 5.51. The lowest BCUT2D eigenvalue weighted by molar-refractivity contribution is 1.13. The molecule has 1 aromatic rings. The fourth-order valence-corrected chi connectivity index (χ4v) is 1.80. The normalized spacial score (nSPS) is 12.4. The van der Waals surface area contributed by atoms with Gasteiger partial charge in [0.1, 0.15) is 5.82 Å². The number of allylic oxidation sites excluding steroid dienone is 1. The highest BCUT2D eigenvalue weighted by molar-refractivity contribution is 5.82. The number of fused-ring (bicyclic) bond motifs is 1. The molecule has 3 heteroatoms. The molecule has 0 amide bonds. The Kier molecular flexibility index (Phi) is 2.91. The van der Waals surface area contributed by atoms with E-state index in [1.807, 2.05) is 25.1 Å². The Labute approximate surface area is 102 Å². The summed E-state index contributed by atoms with van der Waals surface area (Å²) in [5, 5.41) is 9.56. The summed E-state index contributed by atoms with van der Waals surface area (Å²) in [6.45, 7) is 13.7. The van der Waals surface area contributed by atoms with E-state index >= 15 is 0 Å². The van der Waals surface area contributed by atoms with Gasteiger partial charge in [-0.3, -0.25) is 0 Å². The van der Waals surface area contributed by atoms with E-state index in [1.165, 1.54) is 0 Å². The maximum Gasteiger partial charge on any atom is 0.100 e. The van der Waals surface area contributed by atoms with Crippen LogP contribution in [0.3, 0.4) is 0 Å². The minimum Gasteiger partial charge on any atom is -0.359 e. The zero-order valence-electron chi connectivity index (χ0n) is 10.1. The maximum atomic E-state index is 3.97. The van der Waals surface area contributed by atoms with Gasteiger partial charge in [0.2, 0.25) is 0 Å². The second-order valence-corrected chi connectivity index (χ2v) is 4.35. The predicted molar refractivity (Wildman–Crippen MR) is 75.0 cm³/mol. The Morgan fingerprint density at radius 2 is 1.94 bits per heavy atom. The standard InChI is InChI=1S/C14H17N3/c1-9(2)7-10(3)15-12-5-6-13-14(8-12)17-11(4)16-13/h5-6,8,15-17H,1,3-4,7H2,2H3. The van der Waals surface area contributed by atoms with Crippen LogP contribution in [0.5, 0.6) is 0 Å². The number of nitrogens with one attached hydrogen (secondary N) is 3. The van der Waals surface area contributed by atoms with Crippen molar-refractivity contribution in [2.75, 3.05) is 16.0 Å². The molecule has 88 valence electrons. The van der Waals surface area contributed by atoms with Crippen LogP contribution in [0.1, 0.15) is 13.3 Å². The van der Waals surface area contributed by atoms with Crippen molar-refractivity contribution in [3.8, 4) is 0 Å². The average Bonchev–Trinajstić information content (AvgIpc) is 2.55. The minimum atomic E-state index is 0.787. The summed E-state index contributed by atoms with van der Waals surface area (Å²) >= 11 is 0. The van der Waals surface area contributed by atoms with Crippen LogP contribution in [-0.2, 0) is 0 Å². The summed E-state index contributed by atoms with van der Waals surface area (Å²) in [7, 11) is 0. The summed E-state index contributed by atoms with van der Waals surface area (Å²) < 4.78 is 0. The molecule has 0 bridgehead atoms. The summed E-state index contributed by atoms with van der Waals surface area (Å²) in [4.78, 5) is 0. The SMILES string of the molecule is C=C(C)CC(=C)Nc1ccc2c(c1)NC(=C)N2. The highest BCUT2D eigenvalue weighted by atomic mass is 15.2. The molecule has 1 aromatic carbocycles. The van der Waals surface area contributed by atoms with Crippen LogP contribution in [-0.4, -0.2) is 0 Å². The van der Waals surface area contributed by atoms with E-state index in [0.29, 0.717) is 0 Å². The number of benzene rings is 1. The van der Waals surface area contributed by atoms with E-state index in [9.17, 15) is 0 Å². The number of hydrogen-bond donors (Lipinski definition) is 3. The Hall–Kier alpha value is -2.16. The number of anilines is 3. The highest BCUT2D eigenvalue weighted by Crippen LogP contribution is 2.32. The summed E-state index contributed by atoms with van der Waals surface area (Å²) in [6, 6.07) is 6.05. The van der Waals surface area contributed by atoms with Crippen molar-refractivity contribution in [1.82, 2.24) is 0 Å². The van der Waals surface area contributed by atoms with Crippen LogP contribution >= 0.6 is 0 Å². The molecule has 0 fully saturated rings. The van der Waals surface area contributed by atoms with E-state index < -0.39 is 0 Å². The van der Waals surface area contributed by atoms with Gasteiger partial charge in [-0.25, -0.2) is 0 Å². The van der Waals surface area contributed by atoms with Gasteiger partial charge in [0.25, 0.3) is 0 Å². The quantitative estimate of drug-likeness (QED) is 0.683. The Morgan fingerprint density at radius 3 is 2.65 bits per heavy atom. The minimum absolute atomic E-state index is 0.787. The van der Waals surface area contributed by atoms with Crippen molar-refractivity contribution in [1.29, 1.82) is 0 Å². The maximum absolute atomic E-state index is 3.97. The van der Waals surface area contributed by atoms with Crippen LogP contribution in [0, 0.1) is 0 Å². The van der Waals surface area contributed by atoms with Gasteiger partial charge < -0.3 is 16.0 Å². The molecule has 0 aliphatic carbocycles. The molecule has 0 atom stereocenters. The molecule has 0 spiro atoms. The first-order chi connectivity index (χ1) is 8.04. The van der Waals surface area contributed by atoms with Gasteiger partial charge in [0.05, 0.1) is 11.4 Å². The topological polar surface area (TPSA) is 36.1 Å². The molecule has 0 unspecified atom stereocenters. The smallest absolute Gasteiger partial charge is 0.100 e. The summed E-state index contributed by atoms with van der Waals surface area (Å²) in [6.07, 6.45) is 0.787. The fraction of sp³-hybridized carbons (Fsp3) is 0.143. The molecule has 17 heavy (non-hydrogen) atoms. The van der Waals surface area contributed by atoms with E-state index in [2.05, 4.69) is 35.7 Å². The lowest BCUT2D eigenvalue weighted by atomic mass is 10.2. The van der Waals surface area contributed by atoms with Gasteiger partial charge in [0.15, 0.2) is 0 Å². The zero-order valence-corrected chi connectivity index (χ0v) is 10.1. The third kappa shape index (κ3) is 2.69. The summed E-state index contributed by atoms with van der Waals surface area (Å²) in [5.41, 5.74) is 5.13. The lowest BCUT2D eigenvalue weighted by Gasteiger charge is -2.10. The van der Waals surface area contributed by atoms with Gasteiger partial charge in [-0.05, 0) is 25.1 Å². The molecule has 1 heterocycles. The largest absolute Gasteiger partial charge is 0.359 e. The molecule has 0 aromatic heterocycles. The second kappa shape index (κ2) is 4.37. The van der Waals surface area contributed by atoms with Crippen molar-refractivity contribution >= 4 is 17.1 Å². The summed E-state index contributed by atoms with van der Waals surface area (Å²) in [5.74, 6) is 0.804. The number of hydrogen-bond acceptors (Lipinski definition) is 3. The molecule has 0 radical (unpaired) electrons. The molecule has 0 saturated heterocycles. The fourth-order valence-electron chi connectivity index (χ4n) is 1.80. The predicted octanol–water partition coefficient (Wildman–Crippen LogP) is 3.89. The molecular weight excluding hydrogens is 210 g/mol. The third-order valence-electron chi connectivity index (χ3n) is 2.43. The van der Waals surface area contributed by atoms with Crippen LogP contribution < -0.4 is 16.0 Å². The van der Waals surface area contributed by atoms with E-state index in [-0.39, 0.29) is 0 Å². The molecule has 1 aliphatic rings. The molecular formula is C14H17N3. The molecule has 2 rings (SSSR count). The lowest BCUT2D eigenvalue weighted by Crippen LogP contribution is -1.98. The van der Waals surface area contributed by atoms with Crippen LogP contribution in [0.2, 0.25) is 0 Å². The van der Waals surface area contributed by atoms with Crippen molar-refractivity contribution < 1.29 is 0 Å². The first-order valence-electron chi connectivity index (χ1n) is 5.51. The second-order valence-electron chi connectivity index (χ2n) is 4.35. The zero-order chi connectivity index (χ0) is 12.4. The van der Waals surface area contributed by atoms with Gasteiger partial charge in [-0.15, -0.1) is 0 Å².